The number of urea groups is 1. The highest BCUT2D eigenvalue weighted by Gasteiger charge is 2.04. The number of para-hydroxylation sites is 2. The summed E-state index contributed by atoms with van der Waals surface area (Å²) in [6, 6.07) is 13.1. The predicted octanol–water partition coefficient (Wildman–Crippen LogP) is 3.34. The van der Waals surface area contributed by atoms with Crippen LogP contribution in [0.1, 0.15) is 5.56 Å². The Morgan fingerprint density at radius 2 is 1.87 bits per heavy atom. The van der Waals surface area contributed by atoms with E-state index in [1.54, 1.807) is 12.1 Å². The van der Waals surface area contributed by atoms with E-state index in [9.17, 15) is 9.18 Å². The van der Waals surface area contributed by atoms with Crippen molar-refractivity contribution in [3.63, 3.8) is 0 Å². The molecule has 23 heavy (non-hydrogen) atoms. The van der Waals surface area contributed by atoms with Crippen molar-refractivity contribution < 1.29 is 13.9 Å². The van der Waals surface area contributed by atoms with E-state index < -0.39 is 11.8 Å². The molecule has 2 rings (SSSR count). The molecule has 2 N–H and O–H groups in total. The van der Waals surface area contributed by atoms with Crippen LogP contribution in [0.5, 0.6) is 5.75 Å². The van der Waals surface area contributed by atoms with Crippen molar-refractivity contribution in [1.29, 1.82) is 0 Å². The largest absolute Gasteiger partial charge is 0.481 e. The Morgan fingerprint density at radius 1 is 1.13 bits per heavy atom. The van der Waals surface area contributed by atoms with Crippen molar-refractivity contribution in [2.45, 2.75) is 6.92 Å². The zero-order valence-electron chi connectivity index (χ0n) is 12.7. The van der Waals surface area contributed by atoms with Gasteiger partial charge in [0, 0.05) is 0 Å². The number of halogens is 1. The molecular formula is C18H17FN2O2. The highest BCUT2D eigenvalue weighted by atomic mass is 19.1. The zero-order valence-corrected chi connectivity index (χ0v) is 12.7. The minimum atomic E-state index is -0.510. The van der Waals surface area contributed by atoms with Gasteiger partial charge in [-0.3, -0.25) is 0 Å². The maximum atomic E-state index is 13.3. The molecule has 2 aromatic rings. The van der Waals surface area contributed by atoms with E-state index in [1.165, 1.54) is 12.1 Å². The van der Waals surface area contributed by atoms with Crippen molar-refractivity contribution in [1.82, 2.24) is 5.32 Å². The fourth-order valence-electron chi connectivity index (χ4n) is 1.80. The van der Waals surface area contributed by atoms with E-state index >= 15 is 0 Å². The van der Waals surface area contributed by atoms with Crippen LogP contribution in [0.2, 0.25) is 0 Å². The summed E-state index contributed by atoms with van der Waals surface area (Å²) in [5, 5.41) is 4.93. The van der Waals surface area contributed by atoms with Crippen LogP contribution in [0, 0.1) is 24.6 Å². The van der Waals surface area contributed by atoms with Gasteiger partial charge in [-0.05, 0) is 30.7 Å². The smallest absolute Gasteiger partial charge is 0.320 e. The average molecular weight is 312 g/mol. The molecule has 118 valence electrons. The summed E-state index contributed by atoms with van der Waals surface area (Å²) < 4.78 is 18.8. The minimum Gasteiger partial charge on any atom is -0.481 e. The van der Waals surface area contributed by atoms with E-state index in [1.807, 2.05) is 31.2 Å². The number of carbonyl (C=O) groups excluding carboxylic acids is 1. The van der Waals surface area contributed by atoms with E-state index in [0.717, 1.165) is 11.3 Å². The lowest BCUT2D eigenvalue weighted by molar-refractivity contribution is 0.253. The van der Waals surface area contributed by atoms with Gasteiger partial charge in [-0.25, -0.2) is 9.18 Å². The molecule has 0 aliphatic rings. The molecule has 2 amide bonds. The van der Waals surface area contributed by atoms with Crippen LogP contribution in [0.15, 0.2) is 48.5 Å². The SMILES string of the molecule is Cc1ccccc1OCC#CCNC(=O)Nc1ccccc1F. The molecule has 0 heterocycles. The molecular weight excluding hydrogens is 295 g/mol. The van der Waals surface area contributed by atoms with E-state index in [4.69, 9.17) is 4.74 Å². The van der Waals surface area contributed by atoms with E-state index in [0.29, 0.717) is 0 Å². The monoisotopic (exact) mass is 312 g/mol. The standard InChI is InChI=1S/C18H17FN2O2/c1-14-8-2-5-11-17(14)23-13-7-6-12-20-18(22)21-16-10-4-3-9-15(16)19/h2-5,8-11H,12-13H2,1H3,(H2,20,21,22). The zero-order chi connectivity index (χ0) is 16.5. The maximum absolute atomic E-state index is 13.3. The minimum absolute atomic E-state index is 0.126. The van der Waals surface area contributed by atoms with Crippen LogP contribution in [0.3, 0.4) is 0 Å². The molecule has 0 fully saturated rings. The Labute approximate surface area is 134 Å². The lowest BCUT2D eigenvalue weighted by atomic mass is 10.2. The molecule has 0 atom stereocenters. The van der Waals surface area contributed by atoms with Gasteiger partial charge < -0.3 is 15.4 Å². The number of hydrogen-bond donors (Lipinski definition) is 2. The first-order valence-electron chi connectivity index (χ1n) is 7.10. The fraction of sp³-hybridized carbons (Fsp3) is 0.167. The van der Waals surface area contributed by atoms with Crippen LogP contribution >= 0.6 is 0 Å². The number of rotatable bonds is 4. The third kappa shape index (κ3) is 5.36. The number of aryl methyl sites for hydroxylation is 1. The van der Waals surface area contributed by atoms with Crippen LogP contribution < -0.4 is 15.4 Å². The van der Waals surface area contributed by atoms with Crippen LogP contribution in [-0.4, -0.2) is 19.2 Å². The van der Waals surface area contributed by atoms with Crippen LogP contribution in [0.25, 0.3) is 0 Å². The quantitative estimate of drug-likeness (QED) is 0.851. The Bertz CT molecular complexity index is 735. The van der Waals surface area contributed by atoms with E-state index in [-0.39, 0.29) is 18.8 Å². The number of carbonyl (C=O) groups is 1. The summed E-state index contributed by atoms with van der Waals surface area (Å²) in [4.78, 5) is 11.6. The number of ether oxygens (including phenoxy) is 1. The normalized spacial score (nSPS) is 9.48. The van der Waals surface area contributed by atoms with Crippen LogP contribution in [-0.2, 0) is 0 Å². The average Bonchev–Trinajstić information content (AvgIpc) is 2.54. The van der Waals surface area contributed by atoms with Gasteiger partial charge in [0.15, 0.2) is 0 Å². The van der Waals surface area contributed by atoms with Gasteiger partial charge >= 0.3 is 6.03 Å². The van der Waals surface area contributed by atoms with Crippen molar-refractivity contribution in [3.05, 3.63) is 59.9 Å². The lowest BCUT2D eigenvalue weighted by Crippen LogP contribution is -2.29. The fourth-order valence-corrected chi connectivity index (χ4v) is 1.80. The summed E-state index contributed by atoms with van der Waals surface area (Å²) in [5.41, 5.74) is 1.16. The number of amides is 2. The molecule has 4 nitrogen and oxygen atoms in total. The lowest BCUT2D eigenvalue weighted by Gasteiger charge is -2.06. The Morgan fingerprint density at radius 3 is 2.65 bits per heavy atom. The number of anilines is 1. The molecule has 0 bridgehead atoms. The van der Waals surface area contributed by atoms with Crippen molar-refractivity contribution >= 4 is 11.7 Å². The molecule has 0 aliphatic heterocycles. The van der Waals surface area contributed by atoms with Crippen molar-refractivity contribution in [2.24, 2.45) is 0 Å². The highest BCUT2D eigenvalue weighted by Crippen LogP contribution is 2.15. The third-order valence-electron chi connectivity index (χ3n) is 2.98. The Hall–Kier alpha value is -3.00. The first kappa shape index (κ1) is 16.4. The maximum Gasteiger partial charge on any atom is 0.320 e. The third-order valence-corrected chi connectivity index (χ3v) is 2.98. The second-order valence-corrected chi connectivity index (χ2v) is 4.70. The topological polar surface area (TPSA) is 50.4 Å². The van der Waals surface area contributed by atoms with Gasteiger partial charge in [-0.2, -0.15) is 0 Å². The predicted molar refractivity (Wildman–Crippen MR) is 87.9 cm³/mol. The summed E-state index contributed by atoms with van der Waals surface area (Å²) in [6.07, 6.45) is 0. The van der Waals surface area contributed by atoms with Gasteiger partial charge in [0.1, 0.15) is 18.2 Å². The number of nitrogens with one attached hydrogen (secondary N) is 2. The van der Waals surface area contributed by atoms with Gasteiger partial charge in [-0.15, -0.1) is 0 Å². The first-order valence-corrected chi connectivity index (χ1v) is 7.10. The van der Waals surface area contributed by atoms with Gasteiger partial charge in [0.25, 0.3) is 0 Å². The highest BCUT2D eigenvalue weighted by molar-refractivity contribution is 5.89. The van der Waals surface area contributed by atoms with Crippen molar-refractivity contribution in [2.75, 3.05) is 18.5 Å². The molecule has 0 radical (unpaired) electrons. The second kappa shape index (κ2) is 8.44. The molecule has 5 heteroatoms. The molecule has 0 unspecified atom stereocenters. The Kier molecular flexibility index (Phi) is 6.01. The van der Waals surface area contributed by atoms with Gasteiger partial charge in [0.05, 0.1) is 12.2 Å². The van der Waals surface area contributed by atoms with Gasteiger partial charge in [0.2, 0.25) is 0 Å². The molecule has 0 saturated carbocycles. The van der Waals surface area contributed by atoms with Crippen molar-refractivity contribution in [3.8, 4) is 17.6 Å². The Balaban J connectivity index is 1.70. The number of benzene rings is 2. The summed E-state index contributed by atoms with van der Waals surface area (Å²) in [6.45, 7) is 2.34. The van der Waals surface area contributed by atoms with Gasteiger partial charge in [-0.1, -0.05) is 42.2 Å². The molecule has 0 aliphatic carbocycles. The van der Waals surface area contributed by atoms with E-state index in [2.05, 4.69) is 22.5 Å². The number of hydrogen-bond acceptors (Lipinski definition) is 2. The summed E-state index contributed by atoms with van der Waals surface area (Å²) in [5.74, 6) is 5.87. The summed E-state index contributed by atoms with van der Waals surface area (Å²) >= 11 is 0. The second-order valence-electron chi connectivity index (χ2n) is 4.70. The molecule has 2 aromatic carbocycles. The molecule has 0 saturated heterocycles. The molecule has 0 aromatic heterocycles. The summed E-state index contributed by atoms with van der Waals surface area (Å²) in [7, 11) is 0. The van der Waals surface area contributed by atoms with Crippen LogP contribution in [0.4, 0.5) is 14.9 Å². The first-order chi connectivity index (χ1) is 11.2. The molecule has 0 spiro atoms.